The van der Waals surface area contributed by atoms with E-state index in [2.05, 4.69) is 10.6 Å². The highest BCUT2D eigenvalue weighted by Gasteiger charge is 2.22. The molecular weight excluding hydrogens is 452 g/mol. The van der Waals surface area contributed by atoms with E-state index >= 15 is 0 Å². The van der Waals surface area contributed by atoms with Crippen molar-refractivity contribution >= 4 is 34.6 Å². The van der Waals surface area contributed by atoms with Crippen LogP contribution in [-0.2, 0) is 36.6 Å². The predicted octanol–water partition coefficient (Wildman–Crippen LogP) is -2.29. The molecule has 0 fully saturated rings. The summed E-state index contributed by atoms with van der Waals surface area (Å²) in [5.41, 5.74) is 0.801. The van der Waals surface area contributed by atoms with Gasteiger partial charge in [0.1, 0.15) is 19.2 Å². The summed E-state index contributed by atoms with van der Waals surface area (Å²) in [5, 5.41) is 13.7. The van der Waals surface area contributed by atoms with E-state index < -0.39 is 30.6 Å². The minimum Gasteiger partial charge on any atom is -1.00 e. The first-order valence-corrected chi connectivity index (χ1v) is 10.5. The first kappa shape index (κ1) is 25.9. The number of carboxylic acids is 1. The summed E-state index contributed by atoms with van der Waals surface area (Å²) >= 11 is 0. The van der Waals surface area contributed by atoms with E-state index in [9.17, 15) is 19.2 Å². The lowest BCUT2D eigenvalue weighted by molar-refractivity contribution is -0.142. The van der Waals surface area contributed by atoms with Crippen LogP contribution in [0.2, 0.25) is 0 Å². The molecule has 10 heteroatoms. The number of alkyl carbamates (subject to hydrolysis) is 1. The molecule has 1 atom stereocenters. The Morgan fingerprint density at radius 3 is 2.36 bits per heavy atom. The highest BCUT2D eigenvalue weighted by molar-refractivity contribution is 7.96. The first-order valence-electron chi connectivity index (χ1n) is 8.30. The number of nitrogens with one attached hydrogen (secondary N) is 2. The summed E-state index contributed by atoms with van der Waals surface area (Å²) in [4.78, 5) is 46.3. The van der Waals surface area contributed by atoms with Crippen LogP contribution in [0.4, 0.5) is 4.79 Å². The van der Waals surface area contributed by atoms with Crippen molar-refractivity contribution in [2.45, 2.75) is 25.5 Å². The molecule has 156 valence electrons. The molecule has 28 heavy (non-hydrogen) atoms. The van der Waals surface area contributed by atoms with Gasteiger partial charge in [0.2, 0.25) is 5.91 Å². The van der Waals surface area contributed by atoms with Gasteiger partial charge in [0.25, 0.3) is 0 Å². The third-order valence-electron chi connectivity index (χ3n) is 3.40. The van der Waals surface area contributed by atoms with Crippen molar-refractivity contribution in [3.8, 4) is 0 Å². The number of aliphatic carboxylic acids is 1. The Kier molecular flexibility index (Phi) is 13.0. The van der Waals surface area contributed by atoms with E-state index in [1.54, 1.807) is 12.1 Å². The van der Waals surface area contributed by atoms with Crippen LogP contribution in [0, 0.1) is 0 Å². The summed E-state index contributed by atoms with van der Waals surface area (Å²) in [6.45, 7) is -0.358. The smallest absolute Gasteiger partial charge is 0.407 e. The minimum atomic E-state index is -1.23. The fraction of sp³-hybridized carbons (Fsp3) is 0.444. The van der Waals surface area contributed by atoms with Crippen molar-refractivity contribution in [1.29, 1.82) is 0 Å². The van der Waals surface area contributed by atoms with Crippen molar-refractivity contribution in [3.63, 3.8) is 0 Å². The maximum atomic E-state index is 11.8. The van der Waals surface area contributed by atoms with Gasteiger partial charge in [-0.25, -0.2) is 9.59 Å². The fourth-order valence-corrected chi connectivity index (χ4v) is 2.92. The molecule has 3 N–H and O–H groups in total. The van der Waals surface area contributed by atoms with Gasteiger partial charge in [0.15, 0.2) is 11.5 Å². The largest absolute Gasteiger partial charge is 1.00 e. The van der Waals surface area contributed by atoms with Crippen LogP contribution in [0.25, 0.3) is 0 Å². The summed E-state index contributed by atoms with van der Waals surface area (Å²) in [7, 11) is -0.0519. The van der Waals surface area contributed by atoms with Crippen LogP contribution in [0.5, 0.6) is 0 Å². The average Bonchev–Trinajstić information content (AvgIpc) is 2.61. The third kappa shape index (κ3) is 11.6. The summed E-state index contributed by atoms with van der Waals surface area (Å²) in [6, 6.07) is 7.85. The van der Waals surface area contributed by atoms with Gasteiger partial charge in [0.05, 0.1) is 12.5 Å². The lowest BCUT2D eigenvalue weighted by atomic mass is 10.1. The lowest BCUT2D eigenvalue weighted by Gasteiger charge is -2.14. The Morgan fingerprint density at radius 2 is 1.79 bits per heavy atom. The molecule has 0 spiro atoms. The van der Waals surface area contributed by atoms with Gasteiger partial charge in [-0.1, -0.05) is 30.3 Å². The number of amides is 2. The molecule has 0 radical (unpaired) electrons. The molecular formula is C18H25BrN2O6S. The van der Waals surface area contributed by atoms with Crippen LogP contribution in [0.15, 0.2) is 30.3 Å². The van der Waals surface area contributed by atoms with Crippen molar-refractivity contribution in [1.82, 2.24) is 10.6 Å². The van der Waals surface area contributed by atoms with E-state index in [0.717, 1.165) is 5.56 Å². The summed E-state index contributed by atoms with van der Waals surface area (Å²) < 4.78 is 4.96. The Labute approximate surface area is 177 Å². The normalized spacial score (nSPS) is 11.1. The second-order valence-electron chi connectivity index (χ2n) is 6.08. The summed E-state index contributed by atoms with van der Waals surface area (Å²) in [5.74, 6) is -1.53. The Bertz CT molecular complexity index is 657. The molecule has 2 amide bonds. The number of rotatable bonds is 11. The third-order valence-corrected chi connectivity index (χ3v) is 4.30. The maximum Gasteiger partial charge on any atom is 0.407 e. The van der Waals surface area contributed by atoms with Gasteiger partial charge < -0.3 is 37.5 Å². The van der Waals surface area contributed by atoms with Crippen molar-refractivity contribution in [3.05, 3.63) is 35.9 Å². The van der Waals surface area contributed by atoms with Crippen molar-refractivity contribution in [2.75, 3.05) is 24.8 Å². The highest BCUT2D eigenvalue weighted by Crippen LogP contribution is 2.02. The average molecular weight is 477 g/mol. The zero-order chi connectivity index (χ0) is 20.2. The van der Waals surface area contributed by atoms with Gasteiger partial charge in [-0.3, -0.25) is 9.59 Å². The number of ketones is 1. The zero-order valence-electron chi connectivity index (χ0n) is 15.8. The molecule has 0 aliphatic carbocycles. The molecule has 0 aliphatic rings. The lowest BCUT2D eigenvalue weighted by Crippen LogP contribution is -3.00. The van der Waals surface area contributed by atoms with E-state index in [-0.39, 0.29) is 53.1 Å². The fourth-order valence-electron chi connectivity index (χ4n) is 2.13. The maximum absolute atomic E-state index is 11.8. The topological polar surface area (TPSA) is 122 Å². The van der Waals surface area contributed by atoms with E-state index in [0.29, 0.717) is 5.75 Å². The highest BCUT2D eigenvalue weighted by atomic mass is 79.9. The molecule has 0 unspecified atom stereocenters. The number of carbonyl (C=O) groups excluding carboxylic acids is 3. The number of carbonyl (C=O) groups is 4. The molecule has 0 aromatic heterocycles. The number of hydrogen-bond donors (Lipinski definition) is 3. The SMILES string of the molecule is C[S+](C)CC(=O)CC[C@H](NC(=O)CNC(=O)OCc1ccccc1)C(=O)O.[Br-]. The summed E-state index contributed by atoms with van der Waals surface area (Å²) in [6.07, 6.45) is 3.16. The number of hydrogen-bond acceptors (Lipinski definition) is 5. The van der Waals surface area contributed by atoms with Crippen LogP contribution in [-0.4, -0.2) is 59.7 Å². The minimum absolute atomic E-state index is 0. The molecule has 0 bridgehead atoms. The van der Waals surface area contributed by atoms with Crippen LogP contribution < -0.4 is 27.6 Å². The molecule has 1 aromatic carbocycles. The molecule has 1 aromatic rings. The molecule has 0 saturated heterocycles. The van der Waals surface area contributed by atoms with Gasteiger partial charge in [0, 0.05) is 6.42 Å². The molecule has 8 nitrogen and oxygen atoms in total. The molecule has 1 rings (SSSR count). The number of Topliss-reactive ketones (excluding diaryl/α,β-unsaturated/α-hetero) is 1. The molecule has 0 saturated carbocycles. The van der Waals surface area contributed by atoms with Gasteiger partial charge >= 0.3 is 12.1 Å². The van der Waals surface area contributed by atoms with Gasteiger partial charge in [-0.15, -0.1) is 0 Å². The molecule has 0 heterocycles. The zero-order valence-corrected chi connectivity index (χ0v) is 18.2. The second kappa shape index (κ2) is 14.0. The quantitative estimate of drug-likeness (QED) is 0.309. The second-order valence-corrected chi connectivity index (χ2v) is 8.34. The van der Waals surface area contributed by atoms with Crippen LogP contribution in [0.3, 0.4) is 0 Å². The van der Waals surface area contributed by atoms with Crippen molar-refractivity contribution < 1.29 is 46.0 Å². The van der Waals surface area contributed by atoms with Crippen LogP contribution >= 0.6 is 0 Å². The Morgan fingerprint density at radius 1 is 1.14 bits per heavy atom. The monoisotopic (exact) mass is 476 g/mol. The number of benzene rings is 1. The molecule has 0 aliphatic heterocycles. The Hall–Kier alpha value is -2.07. The van der Waals surface area contributed by atoms with E-state index in [1.165, 1.54) is 0 Å². The van der Waals surface area contributed by atoms with E-state index in [1.807, 2.05) is 30.7 Å². The number of halogens is 1. The predicted molar refractivity (Wildman–Crippen MR) is 103 cm³/mol. The van der Waals surface area contributed by atoms with E-state index in [4.69, 9.17) is 9.84 Å². The standard InChI is InChI=1S/C18H24N2O6S.BrH/c1-27(2)12-14(21)8-9-15(17(23)24)20-16(22)10-19-18(25)26-11-13-6-4-3-5-7-13;/h3-7,15H,8-12H2,1-2H3,(H2-,19,20,22,23,24,25);1H/t15-;/m0./s1. The first-order chi connectivity index (χ1) is 12.8. The Balaban J connectivity index is 0.00000729. The van der Waals surface area contributed by atoms with Crippen LogP contribution in [0.1, 0.15) is 18.4 Å². The van der Waals surface area contributed by atoms with Crippen molar-refractivity contribution in [2.24, 2.45) is 0 Å². The number of carboxylic acid groups (broad SMARTS) is 1. The van der Waals surface area contributed by atoms with Gasteiger partial charge in [-0.05, 0) is 22.9 Å². The van der Waals surface area contributed by atoms with Gasteiger partial charge in [-0.2, -0.15) is 0 Å². The number of ether oxygens (including phenoxy) is 1.